The number of nitro groups is 1. The number of rotatable bonds is 10. The van der Waals surface area contributed by atoms with Crippen LogP contribution >= 0.6 is 0 Å². The summed E-state index contributed by atoms with van der Waals surface area (Å²) >= 11 is 0. The second kappa shape index (κ2) is 10.5. The fraction of sp³-hybridized carbons (Fsp3) is 0.263. The van der Waals surface area contributed by atoms with Gasteiger partial charge in [-0.25, -0.2) is 4.79 Å². The summed E-state index contributed by atoms with van der Waals surface area (Å²) in [5, 5.41) is 16.8. The van der Waals surface area contributed by atoms with Crippen molar-refractivity contribution < 1.29 is 24.0 Å². The van der Waals surface area contributed by atoms with E-state index in [0.717, 1.165) is 11.6 Å². The molecule has 10 nitrogen and oxygen atoms in total. The molecule has 0 heterocycles. The zero-order chi connectivity index (χ0) is 21.2. The number of amides is 2. The van der Waals surface area contributed by atoms with E-state index in [1.807, 2.05) is 30.3 Å². The molecule has 29 heavy (non-hydrogen) atoms. The zero-order valence-electron chi connectivity index (χ0n) is 15.8. The minimum atomic E-state index is -0.795. The molecule has 0 atom stereocenters. The Hall–Kier alpha value is -3.82. The van der Waals surface area contributed by atoms with E-state index in [1.165, 1.54) is 13.2 Å². The van der Waals surface area contributed by atoms with Crippen molar-refractivity contribution >= 4 is 23.4 Å². The molecule has 2 rings (SSSR count). The standard InChI is InChI=1S/C19H22N4O6/c1-28-16-11-14(18(20)24)10-15(23(26)27)17(16)21-8-5-9-22-19(25)29-12-13-6-3-2-4-7-13/h2-4,6-7,10-11,21H,5,8-9,12H2,1H3,(H2,20,24)(H,22,25). The number of nitrogens with one attached hydrogen (secondary N) is 2. The minimum Gasteiger partial charge on any atom is -0.494 e. The maximum Gasteiger partial charge on any atom is 0.407 e. The molecule has 154 valence electrons. The third-order valence-electron chi connectivity index (χ3n) is 3.92. The van der Waals surface area contributed by atoms with Crippen LogP contribution in [-0.4, -0.2) is 37.1 Å². The molecule has 0 spiro atoms. The van der Waals surface area contributed by atoms with E-state index in [0.29, 0.717) is 19.5 Å². The average molecular weight is 402 g/mol. The van der Waals surface area contributed by atoms with Crippen molar-refractivity contribution in [3.8, 4) is 5.75 Å². The lowest BCUT2D eigenvalue weighted by Crippen LogP contribution is -2.26. The normalized spacial score (nSPS) is 10.1. The van der Waals surface area contributed by atoms with Crippen LogP contribution in [0.1, 0.15) is 22.3 Å². The lowest BCUT2D eigenvalue weighted by molar-refractivity contribution is -0.384. The molecule has 2 aromatic carbocycles. The molecule has 0 aliphatic rings. The molecule has 0 fully saturated rings. The number of nitro benzene ring substituents is 1. The van der Waals surface area contributed by atoms with Crippen molar-refractivity contribution in [1.29, 1.82) is 0 Å². The largest absolute Gasteiger partial charge is 0.494 e. The SMILES string of the molecule is COc1cc(C(N)=O)cc([N+](=O)[O-])c1NCCCNC(=O)OCc1ccccc1. The van der Waals surface area contributed by atoms with Crippen LogP contribution in [0.5, 0.6) is 5.75 Å². The summed E-state index contributed by atoms with van der Waals surface area (Å²) in [5.41, 5.74) is 5.86. The van der Waals surface area contributed by atoms with E-state index in [9.17, 15) is 19.7 Å². The number of nitrogens with two attached hydrogens (primary N) is 1. The molecule has 0 aliphatic heterocycles. The molecule has 4 N–H and O–H groups in total. The summed E-state index contributed by atoms with van der Waals surface area (Å²) < 4.78 is 10.2. The van der Waals surface area contributed by atoms with Crippen LogP contribution in [0.25, 0.3) is 0 Å². The number of hydrogen-bond acceptors (Lipinski definition) is 7. The molecule has 0 radical (unpaired) electrons. The van der Waals surface area contributed by atoms with Crippen molar-refractivity contribution in [2.75, 3.05) is 25.5 Å². The Morgan fingerprint density at radius 2 is 1.90 bits per heavy atom. The Bertz CT molecular complexity index is 873. The highest BCUT2D eigenvalue weighted by molar-refractivity contribution is 5.95. The van der Waals surface area contributed by atoms with Gasteiger partial charge in [0.2, 0.25) is 5.91 Å². The molecular formula is C19H22N4O6. The fourth-order valence-electron chi connectivity index (χ4n) is 2.49. The van der Waals surface area contributed by atoms with Gasteiger partial charge in [0.05, 0.1) is 12.0 Å². The van der Waals surface area contributed by atoms with Gasteiger partial charge >= 0.3 is 6.09 Å². The fourth-order valence-corrected chi connectivity index (χ4v) is 2.49. The van der Waals surface area contributed by atoms with E-state index in [-0.39, 0.29) is 29.3 Å². The van der Waals surface area contributed by atoms with Gasteiger partial charge in [-0.3, -0.25) is 14.9 Å². The molecule has 0 saturated carbocycles. The van der Waals surface area contributed by atoms with Gasteiger partial charge in [0.1, 0.15) is 12.4 Å². The summed E-state index contributed by atoms with van der Waals surface area (Å²) in [5.74, 6) is -0.667. The molecule has 0 unspecified atom stereocenters. The zero-order valence-corrected chi connectivity index (χ0v) is 15.8. The Morgan fingerprint density at radius 3 is 2.52 bits per heavy atom. The number of alkyl carbamates (subject to hydrolysis) is 1. The number of carbonyl (C=O) groups excluding carboxylic acids is 2. The van der Waals surface area contributed by atoms with Gasteiger partial charge < -0.3 is 25.8 Å². The number of primary amides is 1. The van der Waals surface area contributed by atoms with Crippen molar-refractivity contribution in [2.45, 2.75) is 13.0 Å². The molecule has 0 saturated heterocycles. The minimum absolute atomic E-state index is 0.0260. The van der Waals surface area contributed by atoms with Crippen LogP contribution in [0.4, 0.5) is 16.2 Å². The average Bonchev–Trinajstić information content (AvgIpc) is 2.72. The highest BCUT2D eigenvalue weighted by Crippen LogP contribution is 2.35. The summed E-state index contributed by atoms with van der Waals surface area (Å²) in [4.78, 5) is 33.7. The second-order valence-corrected chi connectivity index (χ2v) is 5.96. The van der Waals surface area contributed by atoms with Gasteiger partial charge in [-0.2, -0.15) is 0 Å². The Balaban J connectivity index is 1.84. The van der Waals surface area contributed by atoms with E-state index >= 15 is 0 Å². The number of benzene rings is 2. The van der Waals surface area contributed by atoms with Crippen LogP contribution in [0.15, 0.2) is 42.5 Å². The van der Waals surface area contributed by atoms with Gasteiger partial charge in [0.25, 0.3) is 5.69 Å². The number of carbonyl (C=O) groups is 2. The molecule has 0 bridgehead atoms. The Labute approximate surface area is 167 Å². The lowest BCUT2D eigenvalue weighted by Gasteiger charge is -2.13. The van der Waals surface area contributed by atoms with E-state index in [1.54, 1.807) is 0 Å². The molecule has 10 heteroatoms. The van der Waals surface area contributed by atoms with Crippen LogP contribution < -0.4 is 21.1 Å². The van der Waals surface area contributed by atoms with Crippen LogP contribution in [-0.2, 0) is 11.3 Å². The second-order valence-electron chi connectivity index (χ2n) is 5.96. The quantitative estimate of drug-likeness (QED) is 0.314. The third kappa shape index (κ3) is 6.38. The molecule has 0 aromatic heterocycles. The summed E-state index contributed by atoms with van der Waals surface area (Å²) in [6.45, 7) is 0.780. The summed E-state index contributed by atoms with van der Waals surface area (Å²) in [6.07, 6.45) is -0.0820. The van der Waals surface area contributed by atoms with E-state index in [4.69, 9.17) is 15.2 Å². The maximum atomic E-state index is 11.7. The maximum absolute atomic E-state index is 11.7. The van der Waals surface area contributed by atoms with Gasteiger partial charge in [0, 0.05) is 24.7 Å². The first kappa shape index (κ1) is 21.5. The topological polar surface area (TPSA) is 146 Å². The monoisotopic (exact) mass is 402 g/mol. The lowest BCUT2D eigenvalue weighted by atomic mass is 10.1. The first-order valence-electron chi connectivity index (χ1n) is 8.77. The number of ether oxygens (including phenoxy) is 2. The smallest absolute Gasteiger partial charge is 0.407 e. The number of nitrogens with zero attached hydrogens (tertiary/aromatic N) is 1. The van der Waals surface area contributed by atoms with Gasteiger partial charge in [-0.05, 0) is 18.1 Å². The van der Waals surface area contributed by atoms with Gasteiger partial charge in [-0.15, -0.1) is 0 Å². The highest BCUT2D eigenvalue weighted by Gasteiger charge is 2.22. The van der Waals surface area contributed by atoms with Gasteiger partial charge in [0.15, 0.2) is 5.69 Å². The number of hydrogen-bond donors (Lipinski definition) is 3. The number of anilines is 1. The van der Waals surface area contributed by atoms with Crippen molar-refractivity contribution in [3.63, 3.8) is 0 Å². The van der Waals surface area contributed by atoms with Crippen molar-refractivity contribution in [3.05, 3.63) is 63.7 Å². The van der Waals surface area contributed by atoms with Crippen LogP contribution in [0.3, 0.4) is 0 Å². The summed E-state index contributed by atoms with van der Waals surface area (Å²) in [7, 11) is 1.33. The van der Waals surface area contributed by atoms with Crippen LogP contribution in [0, 0.1) is 10.1 Å². The molecule has 2 amide bonds. The molecule has 2 aromatic rings. The third-order valence-corrected chi connectivity index (χ3v) is 3.92. The molecule has 0 aliphatic carbocycles. The predicted octanol–water partition coefficient (Wildman–Crippen LogP) is 2.43. The van der Waals surface area contributed by atoms with Crippen molar-refractivity contribution in [1.82, 2.24) is 5.32 Å². The Morgan fingerprint density at radius 1 is 1.17 bits per heavy atom. The first-order valence-corrected chi connectivity index (χ1v) is 8.77. The Kier molecular flexibility index (Phi) is 7.78. The van der Waals surface area contributed by atoms with E-state index in [2.05, 4.69) is 10.6 Å². The van der Waals surface area contributed by atoms with Crippen LogP contribution in [0.2, 0.25) is 0 Å². The number of methoxy groups -OCH3 is 1. The summed E-state index contributed by atoms with van der Waals surface area (Å²) in [6, 6.07) is 11.7. The van der Waals surface area contributed by atoms with Gasteiger partial charge in [-0.1, -0.05) is 30.3 Å². The highest BCUT2D eigenvalue weighted by atomic mass is 16.6. The molecular weight excluding hydrogens is 380 g/mol. The predicted molar refractivity (Wildman–Crippen MR) is 106 cm³/mol. The van der Waals surface area contributed by atoms with E-state index < -0.39 is 16.9 Å². The first-order chi connectivity index (χ1) is 13.9. The van der Waals surface area contributed by atoms with Crippen molar-refractivity contribution in [2.24, 2.45) is 5.73 Å².